The van der Waals surface area contributed by atoms with E-state index in [1.807, 2.05) is 24.3 Å². The van der Waals surface area contributed by atoms with Gasteiger partial charge >= 0.3 is 0 Å². The Hall–Kier alpha value is -2.10. The van der Waals surface area contributed by atoms with Gasteiger partial charge in [0.15, 0.2) is 0 Å². The number of benzene rings is 1. The molecule has 0 aliphatic heterocycles. The van der Waals surface area contributed by atoms with Crippen LogP contribution in [0.5, 0.6) is 5.75 Å². The largest absolute Gasteiger partial charge is 0.486 e. The maximum absolute atomic E-state index is 5.87. The molecule has 18 heavy (non-hydrogen) atoms. The zero-order valence-corrected chi connectivity index (χ0v) is 9.95. The first kappa shape index (κ1) is 11.0. The Labute approximate surface area is 105 Å². The molecule has 0 unspecified atom stereocenters. The zero-order chi connectivity index (χ0) is 12.2. The van der Waals surface area contributed by atoms with E-state index in [4.69, 9.17) is 9.15 Å². The fourth-order valence-corrected chi connectivity index (χ4v) is 2.03. The molecule has 1 aromatic heterocycles. The van der Waals surface area contributed by atoms with Gasteiger partial charge in [-0.3, -0.25) is 0 Å². The molecule has 4 heteroatoms. The number of allylic oxidation sites excluding steroid dienone is 1. The molecular weight excluding hydrogens is 228 g/mol. The second-order valence-electron chi connectivity index (χ2n) is 4.28. The molecule has 92 valence electrons. The maximum Gasteiger partial charge on any atom is 0.247 e. The summed E-state index contributed by atoms with van der Waals surface area (Å²) in [6, 6.07) is 7.72. The van der Waals surface area contributed by atoms with Crippen LogP contribution >= 0.6 is 0 Å². The van der Waals surface area contributed by atoms with E-state index in [1.54, 1.807) is 0 Å². The van der Waals surface area contributed by atoms with Crippen molar-refractivity contribution >= 4 is 0 Å². The van der Waals surface area contributed by atoms with Gasteiger partial charge in [0.2, 0.25) is 12.3 Å². The van der Waals surface area contributed by atoms with Gasteiger partial charge in [0.05, 0.1) is 0 Å². The van der Waals surface area contributed by atoms with Crippen LogP contribution in [0.4, 0.5) is 0 Å². The monoisotopic (exact) mass is 242 g/mol. The zero-order valence-electron chi connectivity index (χ0n) is 9.95. The van der Waals surface area contributed by atoms with Gasteiger partial charge in [0.1, 0.15) is 11.9 Å². The molecule has 0 radical (unpaired) electrons. The van der Waals surface area contributed by atoms with Gasteiger partial charge < -0.3 is 9.15 Å². The highest BCUT2D eigenvalue weighted by molar-refractivity contribution is 5.53. The predicted octanol–water partition coefficient (Wildman–Crippen LogP) is 3.22. The summed E-state index contributed by atoms with van der Waals surface area (Å²) in [5.74, 6) is 1.40. The first-order chi connectivity index (χ1) is 8.92. The van der Waals surface area contributed by atoms with Crippen LogP contribution in [-0.4, -0.2) is 16.3 Å². The van der Waals surface area contributed by atoms with E-state index in [0.29, 0.717) is 5.89 Å². The van der Waals surface area contributed by atoms with Crippen LogP contribution in [0.25, 0.3) is 11.5 Å². The summed E-state index contributed by atoms with van der Waals surface area (Å²) in [6.45, 7) is 0. The second-order valence-corrected chi connectivity index (χ2v) is 4.28. The molecule has 0 bridgehead atoms. The highest BCUT2D eigenvalue weighted by Gasteiger charge is 2.10. The van der Waals surface area contributed by atoms with Crippen LogP contribution in [0.3, 0.4) is 0 Å². The number of hydrogen-bond donors (Lipinski definition) is 0. The van der Waals surface area contributed by atoms with Gasteiger partial charge in [-0.15, -0.1) is 10.2 Å². The lowest BCUT2D eigenvalue weighted by molar-refractivity contribution is 0.230. The lowest BCUT2D eigenvalue weighted by atomic mass is 10.1. The molecule has 0 spiro atoms. The number of hydrogen-bond acceptors (Lipinski definition) is 4. The molecule has 0 saturated carbocycles. The van der Waals surface area contributed by atoms with Crippen molar-refractivity contribution in [2.75, 3.05) is 0 Å². The molecule has 2 aromatic rings. The number of ether oxygens (including phenoxy) is 1. The van der Waals surface area contributed by atoms with Crippen molar-refractivity contribution in [2.45, 2.75) is 25.4 Å². The van der Waals surface area contributed by atoms with Gasteiger partial charge in [-0.1, -0.05) is 6.08 Å². The van der Waals surface area contributed by atoms with Crippen molar-refractivity contribution < 1.29 is 9.15 Å². The molecule has 1 aromatic carbocycles. The van der Waals surface area contributed by atoms with Crippen LogP contribution in [0.1, 0.15) is 19.3 Å². The molecule has 1 aliphatic carbocycles. The third-order valence-corrected chi connectivity index (χ3v) is 2.96. The summed E-state index contributed by atoms with van der Waals surface area (Å²) < 4.78 is 11.0. The average Bonchev–Trinajstić information content (AvgIpc) is 2.95. The van der Waals surface area contributed by atoms with Crippen molar-refractivity contribution in [3.05, 3.63) is 42.8 Å². The predicted molar refractivity (Wildman–Crippen MR) is 67.1 cm³/mol. The molecule has 4 nitrogen and oxygen atoms in total. The van der Waals surface area contributed by atoms with Crippen LogP contribution in [0.15, 0.2) is 47.2 Å². The molecular formula is C14H14N2O2. The highest BCUT2D eigenvalue weighted by atomic mass is 16.5. The van der Waals surface area contributed by atoms with Crippen LogP contribution < -0.4 is 4.74 Å². The van der Waals surface area contributed by atoms with E-state index in [1.165, 1.54) is 12.8 Å². The van der Waals surface area contributed by atoms with Crippen molar-refractivity contribution in [3.8, 4) is 17.2 Å². The number of nitrogens with zero attached hydrogens (tertiary/aromatic N) is 2. The molecule has 0 amide bonds. The first-order valence-electron chi connectivity index (χ1n) is 6.12. The first-order valence-corrected chi connectivity index (χ1v) is 6.12. The van der Waals surface area contributed by atoms with Gasteiger partial charge in [-0.2, -0.15) is 0 Å². The van der Waals surface area contributed by atoms with E-state index in [9.17, 15) is 0 Å². The van der Waals surface area contributed by atoms with E-state index in [2.05, 4.69) is 22.3 Å². The molecule has 1 atom stereocenters. The lowest BCUT2D eigenvalue weighted by Gasteiger charge is -2.18. The average molecular weight is 242 g/mol. The van der Waals surface area contributed by atoms with Crippen molar-refractivity contribution in [2.24, 2.45) is 0 Å². The van der Waals surface area contributed by atoms with E-state index < -0.39 is 0 Å². The van der Waals surface area contributed by atoms with Gasteiger partial charge in [0, 0.05) is 5.56 Å². The van der Waals surface area contributed by atoms with E-state index in [-0.39, 0.29) is 6.10 Å². The van der Waals surface area contributed by atoms with Crippen molar-refractivity contribution in [1.82, 2.24) is 10.2 Å². The van der Waals surface area contributed by atoms with Crippen LogP contribution in [0, 0.1) is 0 Å². The Kier molecular flexibility index (Phi) is 3.08. The summed E-state index contributed by atoms with van der Waals surface area (Å²) in [5, 5.41) is 7.52. The Bertz CT molecular complexity index is 517. The number of aromatic nitrogens is 2. The highest BCUT2D eigenvalue weighted by Crippen LogP contribution is 2.23. The third kappa shape index (κ3) is 2.42. The molecule has 0 saturated heterocycles. The van der Waals surface area contributed by atoms with Crippen molar-refractivity contribution in [1.29, 1.82) is 0 Å². The fourth-order valence-electron chi connectivity index (χ4n) is 2.03. The van der Waals surface area contributed by atoms with E-state index >= 15 is 0 Å². The van der Waals surface area contributed by atoms with Crippen LogP contribution in [-0.2, 0) is 0 Å². The Balaban J connectivity index is 1.71. The second kappa shape index (κ2) is 5.04. The standard InChI is InChI=1S/C14H14N2O2/c1-2-4-12(5-3-1)18-13-8-6-11(7-9-13)14-16-15-10-17-14/h2,4,6-10,12H,1,3,5H2/t12-/m1/s1. The minimum atomic E-state index is 0.202. The van der Waals surface area contributed by atoms with Crippen molar-refractivity contribution in [3.63, 3.8) is 0 Å². The van der Waals surface area contributed by atoms with Crippen LogP contribution in [0.2, 0.25) is 0 Å². The normalized spacial score (nSPS) is 18.8. The quantitative estimate of drug-likeness (QED) is 0.775. The molecule has 1 aliphatic rings. The summed E-state index contributed by atoms with van der Waals surface area (Å²) in [4.78, 5) is 0. The fraction of sp³-hybridized carbons (Fsp3) is 0.286. The summed E-state index contributed by atoms with van der Waals surface area (Å²) >= 11 is 0. The third-order valence-electron chi connectivity index (χ3n) is 2.96. The minimum absolute atomic E-state index is 0.202. The SMILES string of the molecule is C1=C[C@@H](Oc2ccc(-c3nnco3)cc2)CCC1. The number of rotatable bonds is 3. The Morgan fingerprint density at radius 2 is 2.11 bits per heavy atom. The van der Waals surface area contributed by atoms with E-state index in [0.717, 1.165) is 24.2 Å². The summed E-state index contributed by atoms with van der Waals surface area (Å²) in [6.07, 6.45) is 9.29. The smallest absolute Gasteiger partial charge is 0.247 e. The van der Waals surface area contributed by atoms with Gasteiger partial charge in [-0.05, 0) is 49.6 Å². The lowest BCUT2D eigenvalue weighted by Crippen LogP contribution is -2.15. The molecule has 1 heterocycles. The minimum Gasteiger partial charge on any atom is -0.486 e. The molecule has 0 fully saturated rings. The maximum atomic E-state index is 5.87. The van der Waals surface area contributed by atoms with Gasteiger partial charge in [0.25, 0.3) is 0 Å². The molecule has 0 N–H and O–H groups in total. The Morgan fingerprint density at radius 1 is 1.22 bits per heavy atom. The molecule has 3 rings (SSSR count). The topological polar surface area (TPSA) is 48.2 Å². The summed E-state index contributed by atoms with van der Waals surface area (Å²) in [5.41, 5.74) is 0.902. The van der Waals surface area contributed by atoms with Gasteiger partial charge in [-0.25, -0.2) is 0 Å². The summed E-state index contributed by atoms with van der Waals surface area (Å²) in [7, 11) is 0. The Morgan fingerprint density at radius 3 is 2.78 bits per heavy atom.